The molecule has 0 saturated carbocycles. The van der Waals surface area contributed by atoms with Crippen molar-refractivity contribution in [2.45, 2.75) is 19.4 Å². The van der Waals surface area contributed by atoms with Crippen molar-refractivity contribution in [3.05, 3.63) is 29.8 Å². The smallest absolute Gasteiger partial charge is 0.337 e. The number of amides is 1. The zero-order valence-electron chi connectivity index (χ0n) is 9.88. The number of hydrogen-bond acceptors (Lipinski definition) is 3. The van der Waals surface area contributed by atoms with Crippen molar-refractivity contribution in [1.82, 2.24) is 0 Å². The van der Waals surface area contributed by atoms with E-state index in [1.807, 2.05) is 0 Å². The molecule has 0 bridgehead atoms. The number of nitrogens with zero attached hydrogens (tertiary/aromatic N) is 1. The van der Waals surface area contributed by atoms with Crippen LogP contribution in [0.2, 0.25) is 0 Å². The van der Waals surface area contributed by atoms with Crippen LogP contribution < -0.4 is 10.6 Å². The largest absolute Gasteiger partial charge is 0.478 e. The number of anilines is 1. The highest BCUT2D eigenvalue weighted by Crippen LogP contribution is 2.19. The second-order valence-electron chi connectivity index (χ2n) is 3.73. The third-order valence-electron chi connectivity index (χ3n) is 2.58. The van der Waals surface area contributed by atoms with Crippen LogP contribution in [-0.2, 0) is 4.79 Å². The average Bonchev–Trinajstić information content (AvgIpc) is 2.35. The van der Waals surface area contributed by atoms with E-state index in [0.29, 0.717) is 12.1 Å². The van der Waals surface area contributed by atoms with Gasteiger partial charge in [0, 0.05) is 7.05 Å². The van der Waals surface area contributed by atoms with Gasteiger partial charge in [-0.1, -0.05) is 19.1 Å². The maximum Gasteiger partial charge on any atom is 0.337 e. The van der Waals surface area contributed by atoms with Gasteiger partial charge >= 0.3 is 5.97 Å². The van der Waals surface area contributed by atoms with Crippen molar-refractivity contribution in [2.75, 3.05) is 11.9 Å². The van der Waals surface area contributed by atoms with Gasteiger partial charge in [-0.2, -0.15) is 0 Å². The first kappa shape index (κ1) is 13.2. The van der Waals surface area contributed by atoms with Gasteiger partial charge in [-0.05, 0) is 18.6 Å². The number of benzene rings is 1. The topological polar surface area (TPSA) is 83.6 Å². The molecule has 5 heteroatoms. The quantitative estimate of drug-likeness (QED) is 0.819. The fourth-order valence-electron chi connectivity index (χ4n) is 1.49. The normalized spacial score (nSPS) is 11.9. The van der Waals surface area contributed by atoms with Crippen LogP contribution in [0.5, 0.6) is 0 Å². The molecule has 0 spiro atoms. The van der Waals surface area contributed by atoms with Gasteiger partial charge in [0.15, 0.2) is 0 Å². The Kier molecular flexibility index (Phi) is 4.23. The Hall–Kier alpha value is -1.88. The molecule has 0 heterocycles. The van der Waals surface area contributed by atoms with Crippen LogP contribution in [-0.4, -0.2) is 30.1 Å². The second-order valence-corrected chi connectivity index (χ2v) is 3.73. The van der Waals surface area contributed by atoms with Crippen molar-refractivity contribution in [1.29, 1.82) is 0 Å². The Bertz CT molecular complexity index is 432. The summed E-state index contributed by atoms with van der Waals surface area (Å²) in [5.41, 5.74) is 6.09. The zero-order valence-corrected chi connectivity index (χ0v) is 9.88. The van der Waals surface area contributed by atoms with Gasteiger partial charge in [0.25, 0.3) is 0 Å². The molecule has 0 unspecified atom stereocenters. The fourth-order valence-corrected chi connectivity index (χ4v) is 1.49. The van der Waals surface area contributed by atoms with Crippen LogP contribution in [0.4, 0.5) is 5.69 Å². The van der Waals surface area contributed by atoms with Gasteiger partial charge in [-0.15, -0.1) is 0 Å². The van der Waals surface area contributed by atoms with E-state index >= 15 is 0 Å². The van der Waals surface area contributed by atoms with E-state index in [0.717, 1.165) is 0 Å². The Morgan fingerprint density at radius 2 is 2.00 bits per heavy atom. The molecular formula is C12H16N2O3. The molecule has 0 aromatic heterocycles. The van der Waals surface area contributed by atoms with Crippen molar-refractivity contribution in [3.8, 4) is 0 Å². The molecule has 0 aliphatic heterocycles. The summed E-state index contributed by atoms with van der Waals surface area (Å²) in [6.45, 7) is 1.81. The number of aromatic carboxylic acids is 1. The first-order valence-corrected chi connectivity index (χ1v) is 5.34. The van der Waals surface area contributed by atoms with Gasteiger partial charge < -0.3 is 15.7 Å². The lowest BCUT2D eigenvalue weighted by Gasteiger charge is -2.22. The minimum absolute atomic E-state index is 0.0895. The minimum atomic E-state index is -1.06. The predicted molar refractivity (Wildman–Crippen MR) is 65.1 cm³/mol. The van der Waals surface area contributed by atoms with Crippen molar-refractivity contribution >= 4 is 17.6 Å². The van der Waals surface area contributed by atoms with Crippen LogP contribution >= 0.6 is 0 Å². The van der Waals surface area contributed by atoms with E-state index in [-0.39, 0.29) is 11.5 Å². The Labute approximate surface area is 99.8 Å². The van der Waals surface area contributed by atoms with Crippen LogP contribution in [0, 0.1) is 0 Å². The van der Waals surface area contributed by atoms with Crippen molar-refractivity contribution in [2.24, 2.45) is 5.73 Å². The first-order valence-electron chi connectivity index (χ1n) is 5.34. The van der Waals surface area contributed by atoms with Gasteiger partial charge in [0.1, 0.15) is 0 Å². The minimum Gasteiger partial charge on any atom is -0.478 e. The number of carboxylic acids is 1. The van der Waals surface area contributed by atoms with Gasteiger partial charge in [0.2, 0.25) is 5.91 Å². The van der Waals surface area contributed by atoms with Crippen molar-refractivity contribution in [3.63, 3.8) is 0 Å². The molecule has 92 valence electrons. The second kappa shape index (κ2) is 5.45. The number of carbonyl (C=O) groups excluding carboxylic acids is 1. The third-order valence-corrected chi connectivity index (χ3v) is 2.58. The van der Waals surface area contributed by atoms with Gasteiger partial charge in [-0.3, -0.25) is 4.79 Å². The van der Waals surface area contributed by atoms with Crippen LogP contribution in [0.3, 0.4) is 0 Å². The van der Waals surface area contributed by atoms with Crippen LogP contribution in [0.1, 0.15) is 23.7 Å². The molecule has 0 fully saturated rings. The summed E-state index contributed by atoms with van der Waals surface area (Å²) in [5.74, 6) is -1.36. The van der Waals surface area contributed by atoms with Crippen LogP contribution in [0.15, 0.2) is 24.3 Å². The molecule has 1 aromatic carbocycles. The summed E-state index contributed by atoms with van der Waals surface area (Å²) in [7, 11) is 1.53. The van der Waals surface area contributed by atoms with Gasteiger partial charge in [-0.25, -0.2) is 4.79 Å². The fraction of sp³-hybridized carbons (Fsp3) is 0.333. The van der Waals surface area contributed by atoms with E-state index < -0.39 is 12.0 Å². The van der Waals surface area contributed by atoms with Gasteiger partial charge in [0.05, 0.1) is 17.3 Å². The molecule has 0 saturated heterocycles. The summed E-state index contributed by atoms with van der Waals surface area (Å²) >= 11 is 0. The molecule has 1 rings (SSSR count). The molecule has 1 atom stereocenters. The predicted octanol–water partition coefficient (Wildman–Crippen LogP) is 1.08. The standard InChI is InChI=1S/C12H16N2O3/c1-3-9(13)11(15)14(2)10-7-5-4-6-8(10)12(16)17/h4-7,9H,3,13H2,1-2H3,(H,16,17)/t9-/m0/s1. The first-order chi connectivity index (χ1) is 7.99. The molecule has 1 amide bonds. The van der Waals surface area contributed by atoms with E-state index in [2.05, 4.69) is 0 Å². The zero-order chi connectivity index (χ0) is 13.0. The highest BCUT2D eigenvalue weighted by molar-refractivity contribution is 6.03. The maximum absolute atomic E-state index is 11.9. The maximum atomic E-state index is 11.9. The number of rotatable bonds is 4. The highest BCUT2D eigenvalue weighted by atomic mass is 16.4. The third kappa shape index (κ3) is 2.82. The molecule has 5 nitrogen and oxygen atoms in total. The van der Waals surface area contributed by atoms with E-state index in [1.165, 1.54) is 18.0 Å². The van der Waals surface area contributed by atoms with E-state index in [9.17, 15) is 9.59 Å². The van der Waals surface area contributed by atoms with E-state index in [4.69, 9.17) is 10.8 Å². The molecule has 0 aliphatic carbocycles. The Balaban J connectivity index is 3.08. The molecule has 3 N–H and O–H groups in total. The summed E-state index contributed by atoms with van der Waals surface area (Å²) in [4.78, 5) is 24.2. The SMILES string of the molecule is CC[C@H](N)C(=O)N(C)c1ccccc1C(=O)O. The summed E-state index contributed by atoms with van der Waals surface area (Å²) < 4.78 is 0. The monoisotopic (exact) mass is 236 g/mol. The summed E-state index contributed by atoms with van der Waals surface area (Å²) in [6.07, 6.45) is 0.512. The molecular weight excluding hydrogens is 220 g/mol. The highest BCUT2D eigenvalue weighted by Gasteiger charge is 2.21. The number of likely N-dealkylation sites (N-methyl/N-ethyl adjacent to an activating group) is 1. The summed E-state index contributed by atoms with van der Waals surface area (Å²) in [6, 6.07) is 5.73. The average molecular weight is 236 g/mol. The molecule has 0 radical (unpaired) electrons. The number of hydrogen-bond donors (Lipinski definition) is 2. The lowest BCUT2D eigenvalue weighted by atomic mass is 10.1. The lowest BCUT2D eigenvalue weighted by molar-refractivity contribution is -0.119. The van der Waals surface area contributed by atoms with E-state index in [1.54, 1.807) is 25.1 Å². The number of carboxylic acid groups (broad SMARTS) is 1. The number of carbonyl (C=O) groups is 2. The number of nitrogens with two attached hydrogens (primary N) is 1. The Morgan fingerprint density at radius 1 is 1.41 bits per heavy atom. The molecule has 1 aromatic rings. The van der Waals surface area contributed by atoms with Crippen molar-refractivity contribution < 1.29 is 14.7 Å². The molecule has 17 heavy (non-hydrogen) atoms. The molecule has 0 aliphatic rings. The Morgan fingerprint density at radius 3 is 2.53 bits per heavy atom. The van der Waals surface area contributed by atoms with Crippen LogP contribution in [0.25, 0.3) is 0 Å². The number of para-hydroxylation sites is 1. The lowest BCUT2D eigenvalue weighted by Crippen LogP contribution is -2.41. The summed E-state index contributed by atoms with van der Waals surface area (Å²) in [5, 5.41) is 9.02.